The van der Waals surface area contributed by atoms with Crippen molar-refractivity contribution in [1.29, 1.82) is 0 Å². The molecule has 0 saturated carbocycles. The van der Waals surface area contributed by atoms with Crippen molar-refractivity contribution < 1.29 is 19.1 Å². The third-order valence-electron chi connectivity index (χ3n) is 5.68. The number of nitrogens with one attached hydrogen (secondary N) is 1. The minimum atomic E-state index is -1.10. The molecular formula is C26H21N3O4S. The minimum Gasteiger partial charge on any atom is -0.475 e. The lowest BCUT2D eigenvalue weighted by molar-refractivity contribution is -0.115. The molecule has 3 heterocycles. The topological polar surface area (TPSA) is 96.8 Å². The van der Waals surface area contributed by atoms with Gasteiger partial charge in [0, 0.05) is 22.7 Å². The van der Waals surface area contributed by atoms with Crippen LogP contribution in [0.3, 0.4) is 0 Å². The highest BCUT2D eigenvalue weighted by atomic mass is 32.2. The average molecular weight is 472 g/mol. The van der Waals surface area contributed by atoms with Gasteiger partial charge in [-0.05, 0) is 73.1 Å². The lowest BCUT2D eigenvalue weighted by Gasteiger charge is -2.02. The molecule has 2 N–H and O–H groups in total. The van der Waals surface area contributed by atoms with Gasteiger partial charge in [-0.1, -0.05) is 24.3 Å². The highest BCUT2D eigenvalue weighted by molar-refractivity contribution is 8.18. The van der Waals surface area contributed by atoms with Gasteiger partial charge in [0.1, 0.15) is 5.76 Å². The number of carbonyl (C=O) groups is 2. The quantitative estimate of drug-likeness (QED) is 0.375. The fourth-order valence-electron chi connectivity index (χ4n) is 3.80. The third kappa shape index (κ3) is 4.27. The number of carboxylic acid groups (broad SMARTS) is 1. The van der Waals surface area contributed by atoms with Crippen molar-refractivity contribution >= 4 is 51.5 Å². The summed E-state index contributed by atoms with van der Waals surface area (Å²) in [6, 6.07) is 16.9. The Morgan fingerprint density at radius 1 is 1.15 bits per heavy atom. The molecular weight excluding hydrogens is 450 g/mol. The van der Waals surface area contributed by atoms with Crippen LogP contribution < -0.4 is 5.32 Å². The van der Waals surface area contributed by atoms with E-state index in [-0.39, 0.29) is 11.7 Å². The number of hydrogen-bond donors (Lipinski definition) is 2. The summed E-state index contributed by atoms with van der Waals surface area (Å²) in [6.45, 7) is 4.45. The molecule has 0 aliphatic carbocycles. The van der Waals surface area contributed by atoms with Crippen molar-refractivity contribution in [1.82, 2.24) is 9.88 Å². The van der Waals surface area contributed by atoms with Gasteiger partial charge in [-0.3, -0.25) is 4.79 Å². The highest BCUT2D eigenvalue weighted by Crippen LogP contribution is 2.31. The molecule has 1 aliphatic rings. The van der Waals surface area contributed by atoms with E-state index in [1.54, 1.807) is 6.07 Å². The zero-order chi connectivity index (χ0) is 23.8. The van der Waals surface area contributed by atoms with E-state index in [1.165, 1.54) is 23.4 Å². The Hall–Kier alpha value is -4.04. The molecule has 1 amide bonds. The Labute approximate surface area is 199 Å². The number of furan rings is 1. The summed E-state index contributed by atoms with van der Waals surface area (Å²) >= 11 is 1.30. The van der Waals surface area contributed by atoms with E-state index in [1.807, 2.05) is 73.2 Å². The number of carboxylic acids is 1. The average Bonchev–Trinajstić information content (AvgIpc) is 3.50. The number of thioether (sulfide) groups is 1. The predicted molar refractivity (Wildman–Crippen MR) is 133 cm³/mol. The summed E-state index contributed by atoms with van der Waals surface area (Å²) in [5.41, 5.74) is 4.97. The van der Waals surface area contributed by atoms with E-state index in [0.29, 0.717) is 22.4 Å². The molecule has 2 aromatic heterocycles. The fourth-order valence-corrected chi connectivity index (χ4v) is 4.63. The van der Waals surface area contributed by atoms with Gasteiger partial charge in [-0.15, -0.1) is 0 Å². The first-order valence-electron chi connectivity index (χ1n) is 10.6. The number of fused-ring (bicyclic) bond motifs is 1. The van der Waals surface area contributed by atoms with Gasteiger partial charge in [0.15, 0.2) is 5.17 Å². The van der Waals surface area contributed by atoms with Gasteiger partial charge in [0.25, 0.3) is 5.91 Å². The molecule has 7 nitrogen and oxygen atoms in total. The van der Waals surface area contributed by atoms with Gasteiger partial charge >= 0.3 is 5.97 Å². The van der Waals surface area contributed by atoms with Crippen LogP contribution in [0, 0.1) is 13.8 Å². The first-order valence-corrected chi connectivity index (χ1v) is 11.5. The third-order valence-corrected chi connectivity index (χ3v) is 6.59. The van der Waals surface area contributed by atoms with Crippen LogP contribution >= 0.6 is 11.8 Å². The Balaban J connectivity index is 1.45. The number of aromatic nitrogens is 1. The summed E-state index contributed by atoms with van der Waals surface area (Å²) in [6.07, 6.45) is 3.79. The molecule has 1 fully saturated rings. The van der Waals surface area contributed by atoms with E-state index in [9.17, 15) is 9.59 Å². The number of para-hydroxylation sites is 1. The molecule has 170 valence electrons. The summed E-state index contributed by atoms with van der Waals surface area (Å²) in [4.78, 5) is 28.9. The Bertz CT molecular complexity index is 1510. The molecule has 4 aromatic rings. The number of benzene rings is 2. The van der Waals surface area contributed by atoms with Crippen LogP contribution in [0.1, 0.15) is 33.0 Å². The van der Waals surface area contributed by atoms with E-state index in [4.69, 9.17) is 9.52 Å². The van der Waals surface area contributed by atoms with Crippen molar-refractivity contribution in [2.24, 2.45) is 4.99 Å². The van der Waals surface area contributed by atoms with Crippen molar-refractivity contribution in [2.45, 2.75) is 20.4 Å². The van der Waals surface area contributed by atoms with Crippen LogP contribution in [-0.2, 0) is 11.3 Å². The Morgan fingerprint density at radius 3 is 2.74 bits per heavy atom. The van der Waals surface area contributed by atoms with Crippen molar-refractivity contribution in [3.8, 4) is 0 Å². The second-order valence-corrected chi connectivity index (χ2v) is 9.08. The van der Waals surface area contributed by atoms with Crippen LogP contribution in [0.2, 0.25) is 0 Å². The normalized spacial score (nSPS) is 16.0. The first kappa shape index (κ1) is 21.8. The Morgan fingerprint density at radius 2 is 1.97 bits per heavy atom. The second kappa shape index (κ2) is 8.72. The maximum atomic E-state index is 12.6. The number of aryl methyl sites for hydroxylation is 2. The number of carbonyl (C=O) groups excluding carboxylic acids is 1. The maximum absolute atomic E-state index is 12.6. The summed E-state index contributed by atoms with van der Waals surface area (Å²) < 4.78 is 7.40. The largest absolute Gasteiger partial charge is 0.475 e. The van der Waals surface area contributed by atoms with Crippen molar-refractivity contribution in [2.75, 3.05) is 0 Å². The lowest BCUT2D eigenvalue weighted by Crippen LogP contribution is -2.19. The van der Waals surface area contributed by atoms with Crippen LogP contribution in [0.5, 0.6) is 0 Å². The van der Waals surface area contributed by atoms with Gasteiger partial charge in [-0.2, -0.15) is 0 Å². The maximum Gasteiger partial charge on any atom is 0.371 e. The molecule has 0 unspecified atom stereocenters. The van der Waals surface area contributed by atoms with E-state index >= 15 is 0 Å². The van der Waals surface area contributed by atoms with Crippen LogP contribution in [0.4, 0.5) is 5.69 Å². The number of aromatic carboxylic acids is 1. The standard InChI is InChI=1S/C26H21N3O4S/c1-15-7-8-18(11-16(15)2)27-26-28-24(30)23(34-26)12-17-13-29(21-6-4-3-5-20(17)21)14-19-9-10-22(33-19)25(31)32/h3-13H,14H2,1-2H3,(H,31,32)(H,27,28,30)/b23-12-. The van der Waals surface area contributed by atoms with Crippen molar-refractivity contribution in [3.05, 3.63) is 93.9 Å². The Kier molecular flexibility index (Phi) is 5.59. The van der Waals surface area contributed by atoms with E-state index in [0.717, 1.165) is 27.7 Å². The molecule has 2 aromatic carbocycles. The molecule has 0 spiro atoms. The smallest absolute Gasteiger partial charge is 0.371 e. The zero-order valence-electron chi connectivity index (χ0n) is 18.5. The lowest BCUT2D eigenvalue weighted by atomic mass is 10.1. The monoisotopic (exact) mass is 471 g/mol. The van der Waals surface area contributed by atoms with E-state index < -0.39 is 5.97 Å². The molecule has 1 aliphatic heterocycles. The predicted octanol–water partition coefficient (Wildman–Crippen LogP) is 5.49. The molecule has 0 radical (unpaired) electrons. The fraction of sp³-hybridized carbons (Fsp3) is 0.115. The van der Waals surface area contributed by atoms with Gasteiger partial charge in [0.05, 0.1) is 17.1 Å². The molecule has 0 bridgehead atoms. The minimum absolute atomic E-state index is 0.0941. The van der Waals surface area contributed by atoms with Gasteiger partial charge in [-0.25, -0.2) is 9.79 Å². The van der Waals surface area contributed by atoms with Crippen molar-refractivity contribution in [3.63, 3.8) is 0 Å². The molecule has 5 rings (SSSR count). The number of amides is 1. The summed E-state index contributed by atoms with van der Waals surface area (Å²) in [5, 5.41) is 13.5. The number of amidine groups is 1. The van der Waals surface area contributed by atoms with Crippen LogP contribution in [0.25, 0.3) is 17.0 Å². The highest BCUT2D eigenvalue weighted by Gasteiger charge is 2.24. The first-order chi connectivity index (χ1) is 16.4. The molecule has 34 heavy (non-hydrogen) atoms. The van der Waals surface area contributed by atoms with E-state index in [2.05, 4.69) is 10.3 Å². The number of hydrogen-bond acceptors (Lipinski definition) is 5. The molecule has 1 saturated heterocycles. The van der Waals surface area contributed by atoms with Crippen LogP contribution in [-0.4, -0.2) is 26.7 Å². The van der Waals surface area contributed by atoms with Crippen LogP contribution in [0.15, 0.2) is 75.1 Å². The summed E-state index contributed by atoms with van der Waals surface area (Å²) in [5.74, 6) is -0.852. The number of aliphatic imine (C=N–C) groups is 1. The van der Waals surface area contributed by atoms with Gasteiger partial charge in [0.2, 0.25) is 5.76 Å². The van der Waals surface area contributed by atoms with Gasteiger partial charge < -0.3 is 19.4 Å². The SMILES string of the molecule is Cc1ccc(N=C2NC(=O)/C(=C/c3cn(Cc4ccc(C(=O)O)o4)c4ccccc34)S2)cc1C. The molecule has 0 atom stereocenters. The molecule has 8 heteroatoms. The number of rotatable bonds is 5. The summed E-state index contributed by atoms with van der Waals surface area (Å²) in [7, 11) is 0. The zero-order valence-corrected chi connectivity index (χ0v) is 19.3. The number of nitrogens with zero attached hydrogens (tertiary/aromatic N) is 2. The second-order valence-electron chi connectivity index (χ2n) is 8.05.